The minimum atomic E-state index is -2.88. The quantitative estimate of drug-likeness (QED) is 0.765. The number of hydrogen-bond acceptors (Lipinski definition) is 5. The number of aldehydes is 1. The van der Waals surface area contributed by atoms with Crippen molar-refractivity contribution in [2.75, 3.05) is 11.5 Å². The third-order valence-electron chi connectivity index (χ3n) is 3.46. The fourth-order valence-electron chi connectivity index (χ4n) is 2.51. The summed E-state index contributed by atoms with van der Waals surface area (Å²) >= 11 is 0. The Hall–Kier alpha value is -1.76. The van der Waals surface area contributed by atoms with Gasteiger partial charge in [0.15, 0.2) is 21.8 Å². The smallest absolute Gasteiger partial charge is 0.171 e. The molecule has 7 heteroatoms. The highest BCUT2D eigenvalue weighted by Crippen LogP contribution is 2.22. The van der Waals surface area contributed by atoms with Gasteiger partial charge < -0.3 is 0 Å². The van der Waals surface area contributed by atoms with Crippen molar-refractivity contribution >= 4 is 21.8 Å². The molecule has 3 rings (SSSR count). The normalized spacial score (nSPS) is 21.8. The first-order chi connectivity index (χ1) is 9.09. The van der Waals surface area contributed by atoms with Gasteiger partial charge in [-0.2, -0.15) is 0 Å². The van der Waals surface area contributed by atoms with Crippen LogP contribution in [0.5, 0.6) is 0 Å². The van der Waals surface area contributed by atoms with Crippen LogP contribution in [-0.2, 0) is 16.3 Å². The van der Waals surface area contributed by atoms with Crippen molar-refractivity contribution in [3.8, 4) is 0 Å². The zero-order chi connectivity index (χ0) is 13.5. The van der Waals surface area contributed by atoms with Gasteiger partial charge in [-0.3, -0.25) is 9.20 Å². The molecule has 0 radical (unpaired) electrons. The molecule has 0 aliphatic carbocycles. The first kappa shape index (κ1) is 12.3. The molecule has 0 amide bonds. The van der Waals surface area contributed by atoms with Gasteiger partial charge in [0, 0.05) is 12.6 Å². The summed E-state index contributed by atoms with van der Waals surface area (Å²) in [6.45, 7) is 0. The molecule has 1 aliphatic rings. The fourth-order valence-corrected chi connectivity index (χ4v) is 4.37. The number of aromatic nitrogens is 3. The van der Waals surface area contributed by atoms with Gasteiger partial charge in [0.2, 0.25) is 0 Å². The predicted molar refractivity (Wildman–Crippen MR) is 68.8 cm³/mol. The highest BCUT2D eigenvalue weighted by molar-refractivity contribution is 7.91. The number of nitrogens with zero attached hydrogens (tertiary/aromatic N) is 3. The zero-order valence-electron chi connectivity index (χ0n) is 10.2. The molecule has 1 atom stereocenters. The van der Waals surface area contributed by atoms with Crippen LogP contribution in [0, 0.1) is 5.92 Å². The summed E-state index contributed by atoms with van der Waals surface area (Å²) in [6, 6.07) is 3.44. The van der Waals surface area contributed by atoms with Gasteiger partial charge in [0.05, 0.1) is 17.1 Å². The third kappa shape index (κ3) is 2.25. The SMILES string of the molecule is O=Cc1cccn2c(CC3CCS(=O)(=O)C3)nnc12. The van der Waals surface area contributed by atoms with Crippen molar-refractivity contribution < 1.29 is 13.2 Å². The summed E-state index contributed by atoms with van der Waals surface area (Å²) in [5.41, 5.74) is 1.01. The van der Waals surface area contributed by atoms with E-state index in [1.54, 1.807) is 22.7 Å². The Morgan fingerprint density at radius 3 is 2.95 bits per heavy atom. The minimum Gasteiger partial charge on any atom is -0.298 e. The number of fused-ring (bicyclic) bond motifs is 1. The lowest BCUT2D eigenvalue weighted by Crippen LogP contribution is -2.09. The standard InChI is InChI=1S/C12H13N3O3S/c16-7-10-2-1-4-15-11(13-14-12(10)15)6-9-3-5-19(17,18)8-9/h1-2,4,7,9H,3,5-6,8H2. The van der Waals surface area contributed by atoms with Gasteiger partial charge in [0.25, 0.3) is 0 Å². The summed E-state index contributed by atoms with van der Waals surface area (Å²) in [5, 5.41) is 8.07. The number of pyridine rings is 1. The van der Waals surface area contributed by atoms with E-state index in [1.807, 2.05) is 0 Å². The van der Waals surface area contributed by atoms with Crippen LogP contribution in [0.15, 0.2) is 18.3 Å². The maximum Gasteiger partial charge on any atom is 0.171 e. The Morgan fingerprint density at radius 2 is 2.26 bits per heavy atom. The second-order valence-corrected chi connectivity index (χ2v) is 7.09. The van der Waals surface area contributed by atoms with Gasteiger partial charge in [-0.1, -0.05) is 0 Å². The Labute approximate surface area is 110 Å². The minimum absolute atomic E-state index is 0.0947. The zero-order valence-corrected chi connectivity index (χ0v) is 11.0. The molecule has 100 valence electrons. The summed E-state index contributed by atoms with van der Waals surface area (Å²) in [7, 11) is -2.88. The number of hydrogen-bond donors (Lipinski definition) is 0. The average molecular weight is 279 g/mol. The molecule has 19 heavy (non-hydrogen) atoms. The number of rotatable bonds is 3. The molecular weight excluding hydrogens is 266 g/mol. The lowest BCUT2D eigenvalue weighted by atomic mass is 10.1. The number of carbonyl (C=O) groups is 1. The highest BCUT2D eigenvalue weighted by Gasteiger charge is 2.29. The molecule has 2 aromatic rings. The van der Waals surface area contributed by atoms with E-state index < -0.39 is 9.84 Å². The van der Waals surface area contributed by atoms with Crippen LogP contribution in [0.3, 0.4) is 0 Å². The van der Waals surface area contributed by atoms with Crippen molar-refractivity contribution in [3.05, 3.63) is 29.7 Å². The third-order valence-corrected chi connectivity index (χ3v) is 5.30. The van der Waals surface area contributed by atoms with Crippen molar-refractivity contribution in [1.29, 1.82) is 0 Å². The van der Waals surface area contributed by atoms with E-state index in [9.17, 15) is 13.2 Å². The molecule has 0 N–H and O–H groups in total. The number of sulfone groups is 1. The van der Waals surface area contributed by atoms with Gasteiger partial charge in [-0.05, 0) is 24.5 Å². The van der Waals surface area contributed by atoms with Crippen LogP contribution in [0.4, 0.5) is 0 Å². The predicted octanol–water partition coefficient (Wildman–Crippen LogP) is 0.519. The Bertz CT molecular complexity index is 736. The topological polar surface area (TPSA) is 81.4 Å². The van der Waals surface area contributed by atoms with E-state index in [4.69, 9.17) is 0 Å². The van der Waals surface area contributed by atoms with Gasteiger partial charge in [0.1, 0.15) is 5.82 Å². The van der Waals surface area contributed by atoms with Gasteiger partial charge in [-0.25, -0.2) is 8.42 Å². The number of carbonyl (C=O) groups excluding carboxylic acids is 1. The summed E-state index contributed by atoms with van der Waals surface area (Å²) in [6.07, 6.45) is 3.78. The molecule has 1 aliphatic heterocycles. The van der Waals surface area contributed by atoms with E-state index in [0.29, 0.717) is 29.9 Å². The summed E-state index contributed by atoms with van der Waals surface area (Å²) in [5.74, 6) is 1.28. The largest absolute Gasteiger partial charge is 0.298 e. The Balaban J connectivity index is 1.92. The van der Waals surface area contributed by atoms with Crippen molar-refractivity contribution in [2.24, 2.45) is 5.92 Å². The van der Waals surface area contributed by atoms with Crippen molar-refractivity contribution in [1.82, 2.24) is 14.6 Å². The van der Waals surface area contributed by atoms with Crippen molar-refractivity contribution in [2.45, 2.75) is 12.8 Å². The summed E-state index contributed by atoms with van der Waals surface area (Å²) < 4.78 is 24.6. The molecule has 0 bridgehead atoms. The fraction of sp³-hybridized carbons (Fsp3) is 0.417. The molecule has 0 aromatic carbocycles. The van der Waals surface area contributed by atoms with Crippen LogP contribution in [0.25, 0.3) is 5.65 Å². The lowest BCUT2D eigenvalue weighted by molar-refractivity contribution is 0.112. The molecule has 1 unspecified atom stereocenters. The Morgan fingerprint density at radius 1 is 1.42 bits per heavy atom. The van der Waals surface area contributed by atoms with Gasteiger partial charge in [-0.15, -0.1) is 10.2 Å². The maximum atomic E-state index is 11.4. The molecular formula is C12H13N3O3S. The van der Waals surface area contributed by atoms with E-state index in [0.717, 1.165) is 6.29 Å². The highest BCUT2D eigenvalue weighted by atomic mass is 32.2. The molecule has 0 spiro atoms. The second-order valence-electron chi connectivity index (χ2n) is 4.86. The molecule has 3 heterocycles. The van der Waals surface area contributed by atoms with Crippen LogP contribution in [0.2, 0.25) is 0 Å². The Kier molecular flexibility index (Phi) is 2.85. The molecule has 0 saturated carbocycles. The first-order valence-corrected chi connectivity index (χ1v) is 7.89. The maximum absolute atomic E-state index is 11.4. The van der Waals surface area contributed by atoms with E-state index in [2.05, 4.69) is 10.2 Å². The van der Waals surface area contributed by atoms with Crippen LogP contribution in [-0.4, -0.2) is 40.8 Å². The molecule has 2 aromatic heterocycles. The van der Waals surface area contributed by atoms with E-state index >= 15 is 0 Å². The van der Waals surface area contributed by atoms with Gasteiger partial charge >= 0.3 is 0 Å². The second kappa shape index (κ2) is 4.41. The van der Waals surface area contributed by atoms with E-state index in [-0.39, 0.29) is 17.4 Å². The first-order valence-electron chi connectivity index (χ1n) is 6.07. The van der Waals surface area contributed by atoms with Crippen LogP contribution < -0.4 is 0 Å². The molecule has 1 saturated heterocycles. The van der Waals surface area contributed by atoms with Crippen molar-refractivity contribution in [3.63, 3.8) is 0 Å². The van der Waals surface area contributed by atoms with Crippen LogP contribution >= 0.6 is 0 Å². The molecule has 6 nitrogen and oxygen atoms in total. The average Bonchev–Trinajstić information content (AvgIpc) is 2.93. The molecule has 1 fully saturated rings. The monoisotopic (exact) mass is 279 g/mol. The van der Waals surface area contributed by atoms with E-state index in [1.165, 1.54) is 0 Å². The van der Waals surface area contributed by atoms with Crippen LogP contribution in [0.1, 0.15) is 22.6 Å². The summed E-state index contributed by atoms with van der Waals surface area (Å²) in [4.78, 5) is 10.9. The lowest BCUT2D eigenvalue weighted by Gasteiger charge is -2.05.